The topological polar surface area (TPSA) is 26.3 Å². The third kappa shape index (κ3) is 4.95. The van der Waals surface area contributed by atoms with Crippen molar-refractivity contribution in [3.05, 3.63) is 108 Å². The molecule has 4 aromatic carbocycles. The highest BCUT2D eigenvalue weighted by molar-refractivity contribution is 8.00. The molecular weight excluding hydrogens is 513 g/mol. The number of esters is 1. The molecule has 0 aliphatic carbocycles. The number of carbonyl (C=O) groups is 1. The van der Waals surface area contributed by atoms with Crippen molar-refractivity contribution in [2.24, 2.45) is 0 Å². The highest BCUT2D eigenvalue weighted by Gasteiger charge is 2.32. The zero-order valence-electron chi connectivity index (χ0n) is 19.6. The van der Waals surface area contributed by atoms with Gasteiger partial charge in [-0.2, -0.15) is 13.2 Å². The van der Waals surface area contributed by atoms with E-state index in [1.54, 1.807) is 19.1 Å². The highest BCUT2D eigenvalue weighted by atomic mass is 32.2. The van der Waals surface area contributed by atoms with E-state index in [2.05, 4.69) is 30.2 Å². The Morgan fingerprint density at radius 3 is 1.89 bits per heavy atom. The van der Waals surface area contributed by atoms with Gasteiger partial charge in [0.05, 0.1) is 5.56 Å². The lowest BCUT2D eigenvalue weighted by Gasteiger charge is -2.24. The Morgan fingerprint density at radius 1 is 0.838 bits per heavy atom. The zero-order valence-corrected chi connectivity index (χ0v) is 21.2. The van der Waals surface area contributed by atoms with Crippen LogP contribution in [-0.4, -0.2) is 11.5 Å². The van der Waals surface area contributed by atoms with Crippen LogP contribution < -0.4 is 0 Å². The fourth-order valence-electron chi connectivity index (χ4n) is 4.22. The second kappa shape index (κ2) is 9.62. The summed E-state index contributed by atoms with van der Waals surface area (Å²) in [6, 6.07) is 29.5. The fourth-order valence-corrected chi connectivity index (χ4v) is 7.14. The summed E-state index contributed by atoms with van der Waals surface area (Å²) >= 11 is -0.217. The van der Waals surface area contributed by atoms with Gasteiger partial charge in [0.25, 0.3) is 0 Å². The Bertz CT molecular complexity index is 1590. The molecule has 1 unspecified atom stereocenters. The van der Waals surface area contributed by atoms with E-state index in [4.69, 9.17) is 11.2 Å². The summed E-state index contributed by atoms with van der Waals surface area (Å²) < 4.78 is 46.1. The van der Waals surface area contributed by atoms with Crippen molar-refractivity contribution in [2.75, 3.05) is 0 Å². The second-order valence-corrected chi connectivity index (χ2v) is 11.6. The van der Waals surface area contributed by atoms with Crippen molar-refractivity contribution in [3.8, 4) is 17.2 Å². The molecule has 0 fully saturated rings. The number of alkyl halides is 3. The average molecular weight is 534 g/mol. The number of carbonyl (C=O) groups excluding carboxylic acids is 1. The van der Waals surface area contributed by atoms with Crippen molar-refractivity contribution < 1.29 is 22.7 Å². The summed E-state index contributed by atoms with van der Waals surface area (Å²) in [6.45, 7) is 1.54. The van der Waals surface area contributed by atoms with Crippen molar-refractivity contribution in [2.45, 2.75) is 22.9 Å². The van der Waals surface area contributed by atoms with Gasteiger partial charge in [-0.1, -0.05) is 42.3 Å². The van der Waals surface area contributed by atoms with Crippen LogP contribution >= 0.6 is 22.2 Å². The van der Waals surface area contributed by atoms with Gasteiger partial charge in [-0.25, -0.2) is 4.79 Å². The first-order valence-corrected chi connectivity index (χ1v) is 13.3. The minimum absolute atomic E-state index is 0.0217. The van der Waals surface area contributed by atoms with E-state index in [9.17, 15) is 18.0 Å². The normalized spacial score (nSPS) is 13.3. The third-order valence-electron chi connectivity index (χ3n) is 6.04. The molecule has 1 atom stereocenters. The molecule has 184 valence electrons. The van der Waals surface area contributed by atoms with Gasteiger partial charge in [0.1, 0.15) is 0 Å². The molecule has 5 rings (SSSR count). The summed E-state index contributed by atoms with van der Waals surface area (Å²) in [7, 11) is -0.289. The molecule has 0 aliphatic rings. The van der Waals surface area contributed by atoms with Gasteiger partial charge >= 0.3 is 11.5 Å². The van der Waals surface area contributed by atoms with E-state index in [-0.39, 0.29) is 27.1 Å². The number of rotatable bonds is 5. The van der Waals surface area contributed by atoms with Gasteiger partial charge in [0, 0.05) is 31.7 Å². The lowest BCUT2D eigenvalue weighted by Crippen LogP contribution is -2.27. The molecule has 0 radical (unpaired) electrons. The van der Waals surface area contributed by atoms with Crippen molar-refractivity contribution in [1.29, 1.82) is 0 Å². The van der Waals surface area contributed by atoms with Gasteiger partial charge < -0.3 is 4.74 Å². The number of hydrogen-bond acceptors (Lipinski definition) is 3. The van der Waals surface area contributed by atoms with Crippen LogP contribution in [0.15, 0.2) is 102 Å². The first-order chi connectivity index (χ1) is 17.7. The molecule has 2 nitrogen and oxygen atoms in total. The van der Waals surface area contributed by atoms with Crippen LogP contribution in [0.2, 0.25) is 0 Å². The number of halogens is 3. The minimum Gasteiger partial charge on any atom is -0.438 e. The Labute approximate surface area is 219 Å². The molecule has 37 heavy (non-hydrogen) atoms. The molecule has 7 heteroatoms. The second-order valence-electron chi connectivity index (χ2n) is 8.46. The SMILES string of the molecule is C#CC(C)(OC(=O)c1ccc(-[s+]2c3ccccc3c3ccccc32)cc1)c1ccc(SC(F)(F)F)cc1. The molecule has 0 N–H and O–H groups in total. The number of terminal acetylenes is 1. The van der Waals surface area contributed by atoms with Crippen LogP contribution in [0.5, 0.6) is 0 Å². The maximum Gasteiger partial charge on any atom is 0.446 e. The largest absolute Gasteiger partial charge is 0.446 e. The lowest BCUT2D eigenvalue weighted by molar-refractivity contribution is -0.0328. The molecule has 1 heterocycles. The minimum atomic E-state index is -4.39. The maximum atomic E-state index is 13.0. The first-order valence-electron chi connectivity index (χ1n) is 11.3. The Hall–Kier alpha value is -3.73. The summed E-state index contributed by atoms with van der Waals surface area (Å²) in [5.41, 5.74) is -5.09. The maximum absolute atomic E-state index is 13.0. The van der Waals surface area contributed by atoms with Crippen LogP contribution in [0.4, 0.5) is 13.2 Å². The number of fused-ring (bicyclic) bond motifs is 3. The zero-order chi connectivity index (χ0) is 26.2. The van der Waals surface area contributed by atoms with Crippen LogP contribution in [-0.2, 0) is 10.3 Å². The number of ether oxygens (including phenoxy) is 1. The summed E-state index contributed by atoms with van der Waals surface area (Å²) in [4.78, 5) is 14.1. The predicted molar refractivity (Wildman–Crippen MR) is 145 cm³/mol. The van der Waals surface area contributed by atoms with E-state index >= 15 is 0 Å². The Kier molecular flexibility index (Phi) is 6.49. The van der Waals surface area contributed by atoms with Crippen LogP contribution in [0.1, 0.15) is 22.8 Å². The molecule has 0 spiro atoms. The smallest absolute Gasteiger partial charge is 0.438 e. The van der Waals surface area contributed by atoms with Crippen LogP contribution in [0.3, 0.4) is 0 Å². The summed E-state index contributed by atoms with van der Waals surface area (Å²) in [5.74, 6) is 1.86. The highest BCUT2D eigenvalue weighted by Crippen LogP contribution is 2.48. The standard InChI is InChI=1S/C30H20F3O2S2/c1-3-29(2,21-14-16-22(17-15-21)36-30(31,32)33)35-28(34)20-12-18-23(19-13-20)37-26-10-6-4-8-24(26)25-9-5-7-11-27(25)37/h1,4-19H,2H3/q+1. The van der Waals surface area contributed by atoms with Crippen LogP contribution in [0, 0.1) is 12.3 Å². The van der Waals surface area contributed by atoms with Gasteiger partial charge in [-0.05, 0) is 79.3 Å². The van der Waals surface area contributed by atoms with Gasteiger partial charge in [-0.3, -0.25) is 0 Å². The molecule has 0 bridgehead atoms. The predicted octanol–water partition coefficient (Wildman–Crippen LogP) is 9.05. The molecule has 1 aromatic heterocycles. The van der Waals surface area contributed by atoms with Gasteiger partial charge in [-0.15, -0.1) is 6.42 Å². The van der Waals surface area contributed by atoms with E-state index in [1.165, 1.54) is 44.4 Å². The van der Waals surface area contributed by atoms with E-state index in [0.717, 1.165) is 4.90 Å². The molecule has 0 saturated carbocycles. The average Bonchev–Trinajstić information content (AvgIpc) is 3.22. The number of benzene rings is 4. The third-order valence-corrected chi connectivity index (χ3v) is 9.12. The molecule has 0 aliphatic heterocycles. The molecule has 0 saturated heterocycles. The van der Waals surface area contributed by atoms with Crippen molar-refractivity contribution in [3.63, 3.8) is 0 Å². The summed E-state index contributed by atoms with van der Waals surface area (Å²) in [5, 5.41) is 2.43. The monoisotopic (exact) mass is 533 g/mol. The number of hydrogen-bond donors (Lipinski definition) is 0. The van der Waals surface area contributed by atoms with Gasteiger partial charge in [0.2, 0.25) is 0 Å². The first kappa shape index (κ1) is 24.9. The lowest BCUT2D eigenvalue weighted by atomic mass is 9.96. The van der Waals surface area contributed by atoms with Crippen molar-refractivity contribution >= 4 is 48.4 Å². The quantitative estimate of drug-likeness (QED) is 0.0976. The van der Waals surface area contributed by atoms with E-state index in [0.29, 0.717) is 11.1 Å². The number of thiophene rings is 1. The Balaban J connectivity index is 1.41. The molecule has 0 amide bonds. The van der Waals surface area contributed by atoms with Gasteiger partial charge in [0.15, 0.2) is 19.9 Å². The number of thioether (sulfide) groups is 1. The van der Waals surface area contributed by atoms with E-state index in [1.807, 2.05) is 36.4 Å². The van der Waals surface area contributed by atoms with Crippen molar-refractivity contribution in [1.82, 2.24) is 0 Å². The summed E-state index contributed by atoms with van der Waals surface area (Å²) in [6.07, 6.45) is 5.69. The fraction of sp³-hybridized carbons (Fsp3) is 0.100. The van der Waals surface area contributed by atoms with E-state index < -0.39 is 17.1 Å². The Morgan fingerprint density at radius 2 is 1.38 bits per heavy atom. The molecule has 5 aromatic rings. The molecular formula is C30H20F3O2S2+. The van der Waals surface area contributed by atoms with Crippen LogP contribution in [0.25, 0.3) is 25.1 Å².